The molecule has 3 heteroatoms. The number of hydrogen-bond donors (Lipinski definition) is 1. The van der Waals surface area contributed by atoms with Gasteiger partial charge in [0.05, 0.1) is 11.6 Å². The Labute approximate surface area is 137 Å². The van der Waals surface area contributed by atoms with E-state index in [0.717, 1.165) is 28.6 Å². The molecular formula is C18H28BrNO. The van der Waals surface area contributed by atoms with Crippen molar-refractivity contribution in [2.24, 2.45) is 11.8 Å². The standard InChI is InChI=1S/C18H28BrNO/c1-3-10-20-13-16-7-5-4-6-15(16)11-14-8-9-18(21-2)17(19)12-14/h8-9,12,15-16,20H,3-7,10-11,13H2,1-2H3. The summed E-state index contributed by atoms with van der Waals surface area (Å²) >= 11 is 3.60. The van der Waals surface area contributed by atoms with Crippen LogP contribution in [0, 0.1) is 11.8 Å². The molecule has 1 aliphatic rings. The number of hydrogen-bond acceptors (Lipinski definition) is 2. The predicted molar refractivity (Wildman–Crippen MR) is 93.0 cm³/mol. The molecule has 1 aromatic carbocycles. The molecule has 2 rings (SSSR count). The van der Waals surface area contributed by atoms with E-state index in [9.17, 15) is 0 Å². The van der Waals surface area contributed by atoms with E-state index in [-0.39, 0.29) is 0 Å². The number of benzene rings is 1. The van der Waals surface area contributed by atoms with E-state index in [1.54, 1.807) is 7.11 Å². The van der Waals surface area contributed by atoms with Gasteiger partial charge in [-0.05, 0) is 84.2 Å². The highest BCUT2D eigenvalue weighted by molar-refractivity contribution is 9.10. The molecule has 0 heterocycles. The second-order valence-electron chi connectivity index (χ2n) is 6.18. The molecule has 21 heavy (non-hydrogen) atoms. The monoisotopic (exact) mass is 353 g/mol. The predicted octanol–water partition coefficient (Wildman–Crippen LogP) is 4.81. The highest BCUT2D eigenvalue weighted by atomic mass is 79.9. The summed E-state index contributed by atoms with van der Waals surface area (Å²) in [6, 6.07) is 6.52. The molecule has 2 nitrogen and oxygen atoms in total. The Morgan fingerprint density at radius 1 is 1.24 bits per heavy atom. The lowest BCUT2D eigenvalue weighted by Crippen LogP contribution is -2.32. The Morgan fingerprint density at radius 3 is 2.67 bits per heavy atom. The molecule has 0 aromatic heterocycles. The van der Waals surface area contributed by atoms with Crippen LogP contribution < -0.4 is 10.1 Å². The summed E-state index contributed by atoms with van der Waals surface area (Å²) in [7, 11) is 1.72. The normalized spacial score (nSPS) is 22.2. The molecule has 0 spiro atoms. The quantitative estimate of drug-likeness (QED) is 0.710. The zero-order valence-electron chi connectivity index (χ0n) is 13.3. The first-order chi connectivity index (χ1) is 10.2. The van der Waals surface area contributed by atoms with Crippen molar-refractivity contribution in [1.82, 2.24) is 5.32 Å². The average molecular weight is 354 g/mol. The molecule has 0 aliphatic heterocycles. The topological polar surface area (TPSA) is 21.3 Å². The Balaban J connectivity index is 1.96. The van der Waals surface area contributed by atoms with Crippen LogP contribution >= 0.6 is 15.9 Å². The van der Waals surface area contributed by atoms with Gasteiger partial charge in [-0.2, -0.15) is 0 Å². The van der Waals surface area contributed by atoms with Gasteiger partial charge in [0.25, 0.3) is 0 Å². The summed E-state index contributed by atoms with van der Waals surface area (Å²) in [6.07, 6.45) is 7.98. The highest BCUT2D eigenvalue weighted by Crippen LogP contribution is 2.34. The zero-order valence-corrected chi connectivity index (χ0v) is 14.9. The summed E-state index contributed by atoms with van der Waals surface area (Å²) in [5.74, 6) is 2.58. The van der Waals surface area contributed by atoms with Crippen LogP contribution in [0.25, 0.3) is 0 Å². The third kappa shape index (κ3) is 5.00. The number of methoxy groups -OCH3 is 1. The molecule has 2 unspecified atom stereocenters. The summed E-state index contributed by atoms with van der Waals surface area (Å²) in [4.78, 5) is 0. The first-order valence-corrected chi connectivity index (χ1v) is 9.07. The van der Waals surface area contributed by atoms with Crippen LogP contribution in [0.15, 0.2) is 22.7 Å². The van der Waals surface area contributed by atoms with Crippen LogP contribution in [0.5, 0.6) is 5.75 Å². The van der Waals surface area contributed by atoms with Gasteiger partial charge in [0.2, 0.25) is 0 Å². The first-order valence-electron chi connectivity index (χ1n) is 8.27. The van der Waals surface area contributed by atoms with Gasteiger partial charge in [-0.15, -0.1) is 0 Å². The molecule has 0 saturated heterocycles. The van der Waals surface area contributed by atoms with E-state index in [1.807, 2.05) is 0 Å². The van der Waals surface area contributed by atoms with E-state index < -0.39 is 0 Å². The fourth-order valence-electron chi connectivity index (χ4n) is 3.43. The van der Waals surface area contributed by atoms with Crippen molar-refractivity contribution in [2.75, 3.05) is 20.2 Å². The van der Waals surface area contributed by atoms with Crippen molar-refractivity contribution in [2.45, 2.75) is 45.4 Å². The molecule has 1 saturated carbocycles. The van der Waals surface area contributed by atoms with Gasteiger partial charge in [0, 0.05) is 0 Å². The molecule has 1 fully saturated rings. The molecule has 0 radical (unpaired) electrons. The molecule has 0 amide bonds. The molecule has 1 N–H and O–H groups in total. The lowest BCUT2D eigenvalue weighted by Gasteiger charge is -2.32. The van der Waals surface area contributed by atoms with Gasteiger partial charge >= 0.3 is 0 Å². The Hall–Kier alpha value is -0.540. The van der Waals surface area contributed by atoms with Crippen molar-refractivity contribution < 1.29 is 4.74 Å². The molecule has 0 bridgehead atoms. The molecule has 1 aromatic rings. The van der Waals surface area contributed by atoms with Gasteiger partial charge in [0.1, 0.15) is 5.75 Å². The fourth-order valence-corrected chi connectivity index (χ4v) is 4.01. The third-order valence-electron chi connectivity index (χ3n) is 4.61. The van der Waals surface area contributed by atoms with Gasteiger partial charge in [-0.3, -0.25) is 0 Å². The minimum atomic E-state index is 0.823. The smallest absolute Gasteiger partial charge is 0.133 e. The van der Waals surface area contributed by atoms with Crippen LogP contribution in [0.1, 0.15) is 44.6 Å². The summed E-state index contributed by atoms with van der Waals surface area (Å²) in [6.45, 7) is 4.58. The minimum Gasteiger partial charge on any atom is -0.496 e. The number of ether oxygens (including phenoxy) is 1. The van der Waals surface area contributed by atoms with E-state index >= 15 is 0 Å². The van der Waals surface area contributed by atoms with E-state index in [2.05, 4.69) is 46.4 Å². The first kappa shape index (κ1) is 16.8. The number of rotatable bonds is 7. The lowest BCUT2D eigenvalue weighted by molar-refractivity contribution is 0.229. The fraction of sp³-hybridized carbons (Fsp3) is 0.667. The Kier molecular flexibility index (Phi) is 7.05. The highest BCUT2D eigenvalue weighted by Gasteiger charge is 2.25. The molecule has 2 atom stereocenters. The second kappa shape index (κ2) is 8.79. The second-order valence-corrected chi connectivity index (χ2v) is 7.04. The van der Waals surface area contributed by atoms with Crippen molar-refractivity contribution in [3.05, 3.63) is 28.2 Å². The SMILES string of the molecule is CCCNCC1CCCCC1Cc1ccc(OC)c(Br)c1. The van der Waals surface area contributed by atoms with E-state index in [1.165, 1.54) is 50.6 Å². The molecular weight excluding hydrogens is 326 g/mol. The number of nitrogens with one attached hydrogen (secondary N) is 1. The lowest BCUT2D eigenvalue weighted by atomic mass is 9.76. The minimum absolute atomic E-state index is 0.823. The molecule has 118 valence electrons. The third-order valence-corrected chi connectivity index (χ3v) is 5.23. The Bertz CT molecular complexity index is 435. The van der Waals surface area contributed by atoms with Crippen LogP contribution in [0.2, 0.25) is 0 Å². The van der Waals surface area contributed by atoms with Crippen LogP contribution in [-0.4, -0.2) is 20.2 Å². The van der Waals surface area contributed by atoms with Crippen molar-refractivity contribution in [3.8, 4) is 5.75 Å². The summed E-state index contributed by atoms with van der Waals surface area (Å²) in [5.41, 5.74) is 1.43. The summed E-state index contributed by atoms with van der Waals surface area (Å²) < 4.78 is 6.39. The van der Waals surface area contributed by atoms with Crippen LogP contribution in [-0.2, 0) is 6.42 Å². The van der Waals surface area contributed by atoms with Crippen LogP contribution in [0.4, 0.5) is 0 Å². The van der Waals surface area contributed by atoms with Gasteiger partial charge in [0.15, 0.2) is 0 Å². The maximum atomic E-state index is 5.32. The Morgan fingerprint density at radius 2 is 2.00 bits per heavy atom. The van der Waals surface area contributed by atoms with E-state index in [4.69, 9.17) is 4.74 Å². The van der Waals surface area contributed by atoms with Gasteiger partial charge in [-0.1, -0.05) is 25.8 Å². The van der Waals surface area contributed by atoms with Crippen molar-refractivity contribution in [3.63, 3.8) is 0 Å². The van der Waals surface area contributed by atoms with Gasteiger partial charge in [-0.25, -0.2) is 0 Å². The largest absolute Gasteiger partial charge is 0.496 e. The molecule has 1 aliphatic carbocycles. The van der Waals surface area contributed by atoms with Gasteiger partial charge < -0.3 is 10.1 Å². The van der Waals surface area contributed by atoms with Crippen molar-refractivity contribution >= 4 is 15.9 Å². The van der Waals surface area contributed by atoms with Crippen LogP contribution in [0.3, 0.4) is 0 Å². The zero-order chi connectivity index (χ0) is 15.1. The average Bonchev–Trinajstić information content (AvgIpc) is 2.49. The van der Waals surface area contributed by atoms with Crippen molar-refractivity contribution in [1.29, 1.82) is 0 Å². The summed E-state index contributed by atoms with van der Waals surface area (Å²) in [5, 5.41) is 3.62. The van der Waals surface area contributed by atoms with E-state index in [0.29, 0.717) is 0 Å². The maximum absolute atomic E-state index is 5.32. The number of halogens is 1. The maximum Gasteiger partial charge on any atom is 0.133 e.